The van der Waals surface area contributed by atoms with Crippen LogP contribution in [0, 0.1) is 0 Å². The number of nitrogen functional groups attached to an aromatic ring is 1. The lowest BCUT2D eigenvalue weighted by Crippen LogP contribution is -2.24. The van der Waals surface area contributed by atoms with Gasteiger partial charge in [-0.1, -0.05) is 25.4 Å². The SMILES string of the molecule is CC(C)c1cc(Cl)c(O)c(-c2c(C(=O)O)c(N)[nH]c(=O)c2C(=O)O)c1. The summed E-state index contributed by atoms with van der Waals surface area (Å²) in [6.45, 7) is 3.66. The Morgan fingerprint density at radius 3 is 2.20 bits per heavy atom. The van der Waals surface area contributed by atoms with Crippen LogP contribution >= 0.6 is 11.6 Å². The molecule has 0 saturated carbocycles. The maximum atomic E-state index is 12.0. The van der Waals surface area contributed by atoms with Gasteiger partial charge in [0.05, 0.1) is 5.02 Å². The summed E-state index contributed by atoms with van der Waals surface area (Å²) >= 11 is 5.99. The lowest BCUT2D eigenvalue weighted by Gasteiger charge is -2.16. The summed E-state index contributed by atoms with van der Waals surface area (Å²) in [7, 11) is 0. The number of phenolic OH excluding ortho intramolecular Hbond substituents is 1. The summed E-state index contributed by atoms with van der Waals surface area (Å²) < 4.78 is 0. The molecule has 0 atom stereocenters. The fraction of sp³-hybridized carbons (Fsp3) is 0.188. The third-order valence-corrected chi connectivity index (χ3v) is 3.98. The number of hydrogen-bond donors (Lipinski definition) is 5. The highest BCUT2D eigenvalue weighted by molar-refractivity contribution is 6.32. The van der Waals surface area contributed by atoms with Gasteiger partial charge in [-0.3, -0.25) is 4.79 Å². The fourth-order valence-electron chi connectivity index (χ4n) is 2.46. The van der Waals surface area contributed by atoms with E-state index in [1.54, 1.807) is 0 Å². The average molecular weight is 367 g/mol. The zero-order valence-electron chi connectivity index (χ0n) is 13.3. The van der Waals surface area contributed by atoms with Crippen molar-refractivity contribution in [2.24, 2.45) is 0 Å². The Morgan fingerprint density at radius 2 is 1.72 bits per heavy atom. The number of halogens is 1. The number of anilines is 1. The minimum Gasteiger partial charge on any atom is -0.506 e. The number of carboxylic acid groups (broad SMARTS) is 2. The van der Waals surface area contributed by atoms with E-state index in [-0.39, 0.29) is 16.5 Å². The second kappa shape index (κ2) is 6.48. The van der Waals surface area contributed by atoms with Crippen LogP contribution in [-0.2, 0) is 0 Å². The standard InChI is InChI=1S/C16H15ClN2O6/c1-5(2)6-3-7(12(20)8(17)4-6)9-10(15(22)23)13(18)19-14(21)11(9)16(24)25/h3-5,20H,1-2H3,(H,22,23)(H,24,25)(H3,18,19,21). The van der Waals surface area contributed by atoms with Gasteiger partial charge in [-0.05, 0) is 23.6 Å². The van der Waals surface area contributed by atoms with Crippen LogP contribution in [0.3, 0.4) is 0 Å². The van der Waals surface area contributed by atoms with Gasteiger partial charge in [0.1, 0.15) is 22.7 Å². The number of phenols is 1. The topological polar surface area (TPSA) is 154 Å². The number of hydrogen-bond acceptors (Lipinski definition) is 5. The first-order chi connectivity index (χ1) is 11.6. The molecule has 132 valence electrons. The van der Waals surface area contributed by atoms with E-state index in [1.165, 1.54) is 12.1 Å². The monoisotopic (exact) mass is 366 g/mol. The van der Waals surface area contributed by atoms with Gasteiger partial charge in [-0.15, -0.1) is 0 Å². The Balaban J connectivity index is 3.08. The molecule has 0 amide bonds. The summed E-state index contributed by atoms with van der Waals surface area (Å²) in [6, 6.07) is 2.86. The predicted octanol–water partition coefficient (Wildman–Crippen LogP) is 2.50. The Morgan fingerprint density at radius 1 is 1.16 bits per heavy atom. The Bertz CT molecular complexity index is 949. The van der Waals surface area contributed by atoms with Gasteiger partial charge in [0.25, 0.3) is 5.56 Å². The lowest BCUT2D eigenvalue weighted by atomic mass is 9.91. The highest BCUT2D eigenvalue weighted by atomic mass is 35.5. The van der Waals surface area contributed by atoms with Crippen LogP contribution in [0.4, 0.5) is 5.82 Å². The van der Waals surface area contributed by atoms with Gasteiger partial charge in [-0.2, -0.15) is 0 Å². The third-order valence-electron chi connectivity index (χ3n) is 3.69. The molecule has 0 unspecified atom stereocenters. The van der Waals surface area contributed by atoms with Gasteiger partial charge < -0.3 is 26.0 Å². The maximum absolute atomic E-state index is 12.0. The van der Waals surface area contributed by atoms with E-state index in [2.05, 4.69) is 0 Å². The summed E-state index contributed by atoms with van der Waals surface area (Å²) in [4.78, 5) is 37.2. The van der Waals surface area contributed by atoms with Gasteiger partial charge >= 0.3 is 11.9 Å². The Hall–Kier alpha value is -3.00. The first-order valence-corrected chi connectivity index (χ1v) is 7.49. The Kier molecular flexibility index (Phi) is 4.75. The van der Waals surface area contributed by atoms with E-state index in [0.717, 1.165) is 0 Å². The predicted molar refractivity (Wildman–Crippen MR) is 91.6 cm³/mol. The van der Waals surface area contributed by atoms with Crippen LogP contribution in [0.2, 0.25) is 5.02 Å². The zero-order valence-corrected chi connectivity index (χ0v) is 14.0. The van der Waals surface area contributed by atoms with E-state index in [0.29, 0.717) is 5.56 Å². The Labute approximate surface area is 146 Å². The van der Waals surface area contributed by atoms with E-state index in [4.69, 9.17) is 17.3 Å². The van der Waals surface area contributed by atoms with Crippen LogP contribution < -0.4 is 11.3 Å². The molecule has 2 aromatic rings. The number of aromatic amines is 1. The molecule has 0 spiro atoms. The van der Waals surface area contributed by atoms with Crippen molar-refractivity contribution in [2.45, 2.75) is 19.8 Å². The largest absolute Gasteiger partial charge is 0.506 e. The number of aromatic hydroxyl groups is 1. The molecule has 9 heteroatoms. The lowest BCUT2D eigenvalue weighted by molar-refractivity contribution is 0.0695. The van der Waals surface area contributed by atoms with Crippen molar-refractivity contribution in [3.63, 3.8) is 0 Å². The van der Waals surface area contributed by atoms with Gasteiger partial charge in [-0.25, -0.2) is 9.59 Å². The van der Waals surface area contributed by atoms with Crippen LogP contribution in [0.1, 0.15) is 46.0 Å². The zero-order chi connectivity index (χ0) is 19.0. The first-order valence-electron chi connectivity index (χ1n) is 7.11. The smallest absolute Gasteiger partial charge is 0.342 e. The van der Waals surface area contributed by atoms with E-state index in [1.807, 2.05) is 18.8 Å². The molecule has 1 aromatic heterocycles. The summed E-state index contributed by atoms with van der Waals surface area (Å²) in [5.74, 6) is -4.34. The van der Waals surface area contributed by atoms with E-state index in [9.17, 15) is 29.7 Å². The minimum atomic E-state index is -1.66. The number of rotatable bonds is 4. The number of aromatic nitrogens is 1. The fourth-order valence-corrected chi connectivity index (χ4v) is 2.69. The summed E-state index contributed by atoms with van der Waals surface area (Å²) in [5, 5.41) is 29.0. The number of carboxylic acids is 2. The number of nitrogens with one attached hydrogen (secondary N) is 1. The van der Waals surface area contributed by atoms with Crippen LogP contribution in [0.15, 0.2) is 16.9 Å². The second-order valence-electron chi connectivity index (χ2n) is 5.66. The molecule has 25 heavy (non-hydrogen) atoms. The van der Waals surface area contributed by atoms with Gasteiger partial charge in [0, 0.05) is 11.1 Å². The molecule has 0 radical (unpaired) electrons. The molecule has 6 N–H and O–H groups in total. The van der Waals surface area contributed by atoms with Crippen molar-refractivity contribution < 1.29 is 24.9 Å². The van der Waals surface area contributed by atoms with Gasteiger partial charge in [0.2, 0.25) is 0 Å². The molecule has 0 saturated heterocycles. The summed E-state index contributed by atoms with van der Waals surface area (Å²) in [5.41, 5.74) is 2.93. The molecule has 0 fully saturated rings. The van der Waals surface area contributed by atoms with E-state index >= 15 is 0 Å². The van der Waals surface area contributed by atoms with Crippen LogP contribution in [0.25, 0.3) is 11.1 Å². The van der Waals surface area contributed by atoms with Crippen LogP contribution in [0.5, 0.6) is 5.75 Å². The van der Waals surface area contributed by atoms with Crippen molar-refractivity contribution in [3.8, 4) is 16.9 Å². The van der Waals surface area contributed by atoms with Crippen molar-refractivity contribution in [2.75, 3.05) is 5.73 Å². The molecular formula is C16H15ClN2O6. The maximum Gasteiger partial charge on any atom is 0.342 e. The van der Waals surface area contributed by atoms with Crippen molar-refractivity contribution in [1.82, 2.24) is 4.98 Å². The second-order valence-corrected chi connectivity index (χ2v) is 6.06. The molecule has 1 heterocycles. The molecule has 8 nitrogen and oxygen atoms in total. The normalized spacial score (nSPS) is 10.9. The number of H-pyrrole nitrogens is 1. The number of nitrogens with two attached hydrogens (primary N) is 1. The van der Waals surface area contributed by atoms with Crippen molar-refractivity contribution in [1.29, 1.82) is 0 Å². The molecule has 0 aliphatic carbocycles. The molecule has 0 aliphatic heterocycles. The number of carbonyl (C=O) groups is 2. The average Bonchev–Trinajstić information content (AvgIpc) is 2.47. The van der Waals surface area contributed by atoms with Crippen LogP contribution in [-0.4, -0.2) is 32.2 Å². The third kappa shape index (κ3) is 3.16. The van der Waals surface area contributed by atoms with Gasteiger partial charge in [0.15, 0.2) is 0 Å². The minimum absolute atomic E-state index is 0.0576. The van der Waals surface area contributed by atoms with Crippen molar-refractivity contribution >= 4 is 29.4 Å². The molecular weight excluding hydrogens is 352 g/mol. The van der Waals surface area contributed by atoms with E-state index < -0.39 is 45.8 Å². The molecule has 0 bridgehead atoms. The molecule has 0 aliphatic rings. The molecule has 1 aromatic carbocycles. The quantitative estimate of drug-likeness (QED) is 0.556. The number of benzene rings is 1. The number of aromatic carboxylic acids is 2. The first kappa shape index (κ1) is 18.3. The van der Waals surface area contributed by atoms with Crippen molar-refractivity contribution in [3.05, 3.63) is 44.2 Å². The molecule has 2 rings (SSSR count). The highest BCUT2D eigenvalue weighted by Crippen LogP contribution is 2.41. The summed E-state index contributed by atoms with van der Waals surface area (Å²) in [6.07, 6.45) is 0. The highest BCUT2D eigenvalue weighted by Gasteiger charge is 2.29. The number of pyridine rings is 1.